The van der Waals surface area contributed by atoms with Crippen molar-refractivity contribution in [1.82, 2.24) is 9.80 Å². The standard InChI is InChI=1S/C21H33N3O2/c1-5-16(4)18-10-8-9-11-19(18)22-20(25)17-12-14-24(15-13-17)21(26)23(6-2)7-3/h8-11,16-17H,5-7,12-15H2,1-4H3,(H,22,25). The van der Waals surface area contributed by atoms with Crippen molar-refractivity contribution >= 4 is 17.6 Å². The molecule has 2 rings (SSSR count). The minimum absolute atomic E-state index is 0.0271. The Morgan fingerprint density at radius 3 is 2.35 bits per heavy atom. The number of carbonyl (C=O) groups is 2. The van der Waals surface area contributed by atoms with Crippen molar-refractivity contribution in [2.24, 2.45) is 5.92 Å². The van der Waals surface area contributed by atoms with Crippen molar-refractivity contribution in [2.45, 2.75) is 52.9 Å². The minimum atomic E-state index is -0.0271. The zero-order valence-corrected chi connectivity index (χ0v) is 16.6. The van der Waals surface area contributed by atoms with E-state index < -0.39 is 0 Å². The van der Waals surface area contributed by atoms with Crippen LogP contribution in [-0.4, -0.2) is 47.9 Å². The first-order valence-electron chi connectivity index (χ1n) is 9.95. The van der Waals surface area contributed by atoms with Crippen molar-refractivity contribution in [3.8, 4) is 0 Å². The molecule has 1 saturated heterocycles. The average molecular weight is 360 g/mol. The van der Waals surface area contributed by atoms with E-state index in [0.29, 0.717) is 19.0 Å². The van der Waals surface area contributed by atoms with Gasteiger partial charge in [0, 0.05) is 37.8 Å². The molecule has 5 heteroatoms. The number of anilines is 1. The normalized spacial score (nSPS) is 16.2. The Bertz CT molecular complexity index is 605. The van der Waals surface area contributed by atoms with Crippen LogP contribution in [0.3, 0.4) is 0 Å². The largest absolute Gasteiger partial charge is 0.326 e. The van der Waals surface area contributed by atoms with Gasteiger partial charge in [0.1, 0.15) is 0 Å². The molecule has 0 aliphatic carbocycles. The van der Waals surface area contributed by atoms with Crippen LogP contribution >= 0.6 is 0 Å². The molecule has 1 aliphatic heterocycles. The summed E-state index contributed by atoms with van der Waals surface area (Å²) in [4.78, 5) is 28.9. The number of rotatable bonds is 6. The Balaban J connectivity index is 1.94. The van der Waals surface area contributed by atoms with E-state index >= 15 is 0 Å². The lowest BCUT2D eigenvalue weighted by atomic mass is 9.94. The first kappa shape index (κ1) is 20.3. The van der Waals surface area contributed by atoms with Gasteiger partial charge < -0.3 is 15.1 Å². The maximum absolute atomic E-state index is 12.7. The third-order valence-corrected chi connectivity index (χ3v) is 5.53. The summed E-state index contributed by atoms with van der Waals surface area (Å²) in [5.74, 6) is 0.469. The highest BCUT2D eigenvalue weighted by Gasteiger charge is 2.29. The van der Waals surface area contributed by atoms with Gasteiger partial charge in [-0.3, -0.25) is 4.79 Å². The molecule has 1 unspecified atom stereocenters. The lowest BCUT2D eigenvalue weighted by Gasteiger charge is -2.34. The van der Waals surface area contributed by atoms with E-state index in [1.807, 2.05) is 41.8 Å². The lowest BCUT2D eigenvalue weighted by molar-refractivity contribution is -0.121. The summed E-state index contributed by atoms with van der Waals surface area (Å²) in [6.07, 6.45) is 2.49. The fourth-order valence-corrected chi connectivity index (χ4v) is 3.52. The molecule has 3 amide bonds. The molecule has 144 valence electrons. The molecule has 1 fully saturated rings. The first-order valence-corrected chi connectivity index (χ1v) is 9.95. The zero-order chi connectivity index (χ0) is 19.1. The van der Waals surface area contributed by atoms with E-state index in [-0.39, 0.29) is 17.9 Å². The van der Waals surface area contributed by atoms with Crippen LogP contribution in [0, 0.1) is 5.92 Å². The minimum Gasteiger partial charge on any atom is -0.326 e. The van der Waals surface area contributed by atoms with Crippen LogP contribution in [0.5, 0.6) is 0 Å². The maximum atomic E-state index is 12.7. The van der Waals surface area contributed by atoms with E-state index in [0.717, 1.165) is 38.0 Å². The number of benzene rings is 1. The molecule has 1 N–H and O–H groups in total. The second kappa shape index (κ2) is 9.60. The molecule has 26 heavy (non-hydrogen) atoms. The van der Waals surface area contributed by atoms with Crippen LogP contribution in [0.4, 0.5) is 10.5 Å². The van der Waals surface area contributed by atoms with Crippen LogP contribution < -0.4 is 5.32 Å². The van der Waals surface area contributed by atoms with Crippen LogP contribution in [-0.2, 0) is 4.79 Å². The van der Waals surface area contributed by atoms with E-state index in [9.17, 15) is 9.59 Å². The topological polar surface area (TPSA) is 52.7 Å². The third-order valence-electron chi connectivity index (χ3n) is 5.53. The van der Waals surface area contributed by atoms with Crippen LogP contribution in [0.25, 0.3) is 0 Å². The average Bonchev–Trinajstić information content (AvgIpc) is 2.68. The van der Waals surface area contributed by atoms with E-state index in [2.05, 4.69) is 25.2 Å². The highest BCUT2D eigenvalue weighted by atomic mass is 16.2. The molecule has 0 radical (unpaired) electrons. The summed E-state index contributed by atoms with van der Waals surface area (Å²) < 4.78 is 0. The van der Waals surface area contributed by atoms with E-state index in [4.69, 9.17) is 0 Å². The number of para-hydroxylation sites is 1. The van der Waals surface area contributed by atoms with Crippen molar-refractivity contribution in [3.63, 3.8) is 0 Å². The third kappa shape index (κ3) is 4.77. The highest BCUT2D eigenvalue weighted by Crippen LogP contribution is 2.28. The zero-order valence-electron chi connectivity index (χ0n) is 16.6. The molecule has 1 atom stereocenters. The number of urea groups is 1. The number of likely N-dealkylation sites (tertiary alicyclic amines) is 1. The van der Waals surface area contributed by atoms with E-state index in [1.54, 1.807) is 0 Å². The number of piperidine rings is 1. The molecule has 1 aliphatic rings. The SMILES string of the molecule is CCC(C)c1ccccc1NC(=O)C1CCN(C(=O)N(CC)CC)CC1. The summed E-state index contributed by atoms with van der Waals surface area (Å²) >= 11 is 0. The maximum Gasteiger partial charge on any atom is 0.319 e. The Kier molecular flexibility index (Phi) is 7.49. The molecule has 1 heterocycles. The number of nitrogens with zero attached hydrogens (tertiary/aromatic N) is 2. The molecule has 0 saturated carbocycles. The molecular weight excluding hydrogens is 326 g/mol. The lowest BCUT2D eigenvalue weighted by Crippen LogP contribution is -2.47. The Morgan fingerprint density at radius 2 is 1.77 bits per heavy atom. The van der Waals surface area contributed by atoms with Gasteiger partial charge in [0.2, 0.25) is 5.91 Å². The molecule has 1 aromatic rings. The second-order valence-corrected chi connectivity index (χ2v) is 7.10. The van der Waals surface area contributed by atoms with Gasteiger partial charge in [-0.15, -0.1) is 0 Å². The van der Waals surface area contributed by atoms with Gasteiger partial charge in [0.15, 0.2) is 0 Å². The number of amides is 3. The van der Waals surface area contributed by atoms with Gasteiger partial charge in [0.05, 0.1) is 0 Å². The van der Waals surface area contributed by atoms with Crippen molar-refractivity contribution in [2.75, 3.05) is 31.5 Å². The molecule has 5 nitrogen and oxygen atoms in total. The predicted molar refractivity (Wildman–Crippen MR) is 106 cm³/mol. The van der Waals surface area contributed by atoms with Gasteiger partial charge in [0.25, 0.3) is 0 Å². The summed E-state index contributed by atoms with van der Waals surface area (Å²) in [6.45, 7) is 11.1. The van der Waals surface area contributed by atoms with Crippen molar-refractivity contribution < 1.29 is 9.59 Å². The second-order valence-electron chi connectivity index (χ2n) is 7.10. The van der Waals surface area contributed by atoms with E-state index in [1.165, 1.54) is 5.56 Å². The number of nitrogens with one attached hydrogen (secondary N) is 1. The summed E-state index contributed by atoms with van der Waals surface area (Å²) in [5.41, 5.74) is 2.12. The van der Waals surface area contributed by atoms with Gasteiger partial charge in [-0.1, -0.05) is 32.0 Å². The first-order chi connectivity index (χ1) is 12.5. The number of carbonyl (C=O) groups excluding carboxylic acids is 2. The van der Waals surface area contributed by atoms with Gasteiger partial charge in [-0.05, 0) is 50.7 Å². The number of hydrogen-bond acceptors (Lipinski definition) is 2. The van der Waals surface area contributed by atoms with Crippen molar-refractivity contribution in [3.05, 3.63) is 29.8 Å². The van der Waals surface area contributed by atoms with Gasteiger partial charge in [-0.25, -0.2) is 4.79 Å². The monoisotopic (exact) mass is 359 g/mol. The molecule has 0 spiro atoms. The van der Waals surface area contributed by atoms with Gasteiger partial charge >= 0.3 is 6.03 Å². The smallest absolute Gasteiger partial charge is 0.319 e. The Hall–Kier alpha value is -2.04. The Morgan fingerprint density at radius 1 is 1.15 bits per heavy atom. The molecule has 0 bridgehead atoms. The quantitative estimate of drug-likeness (QED) is 0.823. The predicted octanol–water partition coefficient (Wildman–Crippen LogP) is 4.31. The fraction of sp³-hybridized carbons (Fsp3) is 0.619. The summed E-state index contributed by atoms with van der Waals surface area (Å²) in [5, 5.41) is 3.13. The van der Waals surface area contributed by atoms with Crippen molar-refractivity contribution in [1.29, 1.82) is 0 Å². The molecule has 1 aromatic carbocycles. The van der Waals surface area contributed by atoms with Crippen LogP contribution in [0.2, 0.25) is 0 Å². The van der Waals surface area contributed by atoms with Crippen LogP contribution in [0.1, 0.15) is 58.4 Å². The summed E-state index contributed by atoms with van der Waals surface area (Å²) in [7, 11) is 0. The number of hydrogen-bond donors (Lipinski definition) is 1. The Labute approximate surface area is 157 Å². The fourth-order valence-electron chi connectivity index (χ4n) is 3.52. The molecular formula is C21H33N3O2. The van der Waals surface area contributed by atoms with Crippen LogP contribution in [0.15, 0.2) is 24.3 Å². The summed E-state index contributed by atoms with van der Waals surface area (Å²) in [6, 6.07) is 8.16. The molecule has 0 aromatic heterocycles. The highest BCUT2D eigenvalue weighted by molar-refractivity contribution is 5.93. The van der Waals surface area contributed by atoms with Gasteiger partial charge in [-0.2, -0.15) is 0 Å².